The minimum atomic E-state index is -0.437. The number of thioether (sulfide) groups is 1. The highest BCUT2D eigenvalue weighted by Crippen LogP contribution is 2.69. The Bertz CT molecular complexity index is 1920. The number of imide groups is 1. The number of thiazole rings is 1. The molecule has 3 fully saturated rings. The number of aromatic amines is 1. The van der Waals surface area contributed by atoms with E-state index in [1.54, 1.807) is 48.2 Å². The van der Waals surface area contributed by atoms with E-state index in [1.807, 2.05) is 36.4 Å². The lowest BCUT2D eigenvalue weighted by molar-refractivity contribution is -0.123. The van der Waals surface area contributed by atoms with Crippen molar-refractivity contribution < 1.29 is 19.1 Å². The number of para-hydroxylation sites is 1. The molecule has 6 unspecified atom stereocenters. The fourth-order valence-corrected chi connectivity index (χ4v) is 11.3. The van der Waals surface area contributed by atoms with E-state index in [0.717, 1.165) is 37.7 Å². The van der Waals surface area contributed by atoms with Crippen molar-refractivity contribution in [3.05, 3.63) is 102 Å². The van der Waals surface area contributed by atoms with Gasteiger partial charge in [0.15, 0.2) is 6.61 Å². The van der Waals surface area contributed by atoms with E-state index in [9.17, 15) is 19.2 Å². The van der Waals surface area contributed by atoms with Gasteiger partial charge in [-0.1, -0.05) is 57.1 Å². The zero-order chi connectivity index (χ0) is 31.0. The van der Waals surface area contributed by atoms with Crippen LogP contribution in [0.4, 0.5) is 11.4 Å². The van der Waals surface area contributed by atoms with Crippen LogP contribution in [0.15, 0.2) is 87.1 Å². The van der Waals surface area contributed by atoms with Gasteiger partial charge in [0.05, 0.1) is 22.5 Å². The molecule has 3 aromatic carbocycles. The van der Waals surface area contributed by atoms with Crippen LogP contribution in [0.25, 0.3) is 0 Å². The summed E-state index contributed by atoms with van der Waals surface area (Å²) in [4.78, 5) is 58.5. The number of nitrogens with zero attached hydrogens (tertiary/aromatic N) is 1. The third kappa shape index (κ3) is 4.78. The van der Waals surface area contributed by atoms with Crippen molar-refractivity contribution in [1.29, 1.82) is 0 Å². The number of ether oxygens (including phenoxy) is 1. The molecule has 3 amide bonds. The Labute approximate surface area is 279 Å². The van der Waals surface area contributed by atoms with E-state index >= 15 is 0 Å². The van der Waals surface area contributed by atoms with Crippen LogP contribution in [0.3, 0.4) is 0 Å². The van der Waals surface area contributed by atoms with E-state index in [-0.39, 0.29) is 58.1 Å². The Morgan fingerprint density at radius 2 is 1.73 bits per heavy atom. The second-order valence-electron chi connectivity index (χ2n) is 11.8. The molecule has 4 aromatic rings. The summed E-state index contributed by atoms with van der Waals surface area (Å²) in [6.45, 7) is -0.221. The SMILES string of the molecule is O=C(COc1ccc(Cl)cc1[C@H]1c2sc(=O)[nH]c2SC2C3CC(C4C(=O)N(c5ccc(Br)cc5)C(=O)C34)C21)Nc1ccccc1. The molecule has 1 aromatic heterocycles. The Morgan fingerprint density at radius 3 is 2.49 bits per heavy atom. The Balaban J connectivity index is 1.15. The van der Waals surface area contributed by atoms with Gasteiger partial charge in [0.25, 0.3) is 5.91 Å². The number of hydrogen-bond donors (Lipinski definition) is 2. The van der Waals surface area contributed by atoms with Crippen LogP contribution in [-0.4, -0.2) is 34.6 Å². The summed E-state index contributed by atoms with van der Waals surface area (Å²) in [6.07, 6.45) is 0.759. The molecule has 2 saturated carbocycles. The maximum absolute atomic E-state index is 14.0. The Morgan fingerprint density at radius 1 is 1.00 bits per heavy atom. The Kier molecular flexibility index (Phi) is 7.20. The molecule has 2 bridgehead atoms. The highest BCUT2D eigenvalue weighted by Gasteiger charge is 2.69. The summed E-state index contributed by atoms with van der Waals surface area (Å²) in [5.41, 5.74) is 2.02. The minimum Gasteiger partial charge on any atom is -0.483 e. The molecule has 0 spiro atoms. The molecular weight excluding hydrogens is 698 g/mol. The van der Waals surface area contributed by atoms with E-state index in [4.69, 9.17) is 16.3 Å². The van der Waals surface area contributed by atoms with Gasteiger partial charge in [0.1, 0.15) is 5.75 Å². The van der Waals surface area contributed by atoms with Gasteiger partial charge in [-0.15, -0.1) is 11.8 Å². The monoisotopic (exact) mass is 721 g/mol. The molecule has 4 aliphatic rings. The molecule has 8 rings (SSSR count). The third-order valence-corrected chi connectivity index (χ3v) is 12.9. The van der Waals surface area contributed by atoms with Crippen molar-refractivity contribution in [2.24, 2.45) is 29.6 Å². The topological polar surface area (TPSA) is 109 Å². The summed E-state index contributed by atoms with van der Waals surface area (Å²) < 4.78 is 7.01. The number of nitrogens with one attached hydrogen (secondary N) is 2. The van der Waals surface area contributed by atoms with Crippen molar-refractivity contribution >= 4 is 79.7 Å². The van der Waals surface area contributed by atoms with Crippen molar-refractivity contribution in [2.75, 3.05) is 16.8 Å². The zero-order valence-corrected chi connectivity index (χ0v) is 27.4. The Hall–Kier alpha value is -3.38. The number of fused-ring (bicyclic) bond motifs is 9. The van der Waals surface area contributed by atoms with Gasteiger partial charge in [-0.25, -0.2) is 0 Å². The molecule has 2 N–H and O–H groups in total. The third-order valence-electron chi connectivity index (χ3n) is 9.53. The van der Waals surface area contributed by atoms with Crippen LogP contribution in [-0.2, 0) is 14.4 Å². The van der Waals surface area contributed by atoms with Crippen molar-refractivity contribution in [1.82, 2.24) is 4.98 Å². The van der Waals surface area contributed by atoms with Crippen LogP contribution in [0.5, 0.6) is 5.75 Å². The van der Waals surface area contributed by atoms with Gasteiger partial charge in [0.2, 0.25) is 11.8 Å². The summed E-state index contributed by atoms with van der Waals surface area (Å²) in [5, 5.41) is 4.14. The highest BCUT2D eigenvalue weighted by molar-refractivity contribution is 9.10. The number of rotatable bonds is 6. The number of aromatic nitrogens is 1. The molecule has 2 aliphatic heterocycles. The minimum absolute atomic E-state index is 0.00817. The van der Waals surface area contributed by atoms with E-state index in [1.165, 1.54) is 4.90 Å². The van der Waals surface area contributed by atoms with E-state index in [2.05, 4.69) is 26.2 Å². The average Bonchev–Trinajstić information content (AvgIpc) is 3.76. The smallest absolute Gasteiger partial charge is 0.305 e. The lowest BCUT2D eigenvalue weighted by Gasteiger charge is -2.43. The summed E-state index contributed by atoms with van der Waals surface area (Å²) in [6, 6.07) is 21.7. The van der Waals surface area contributed by atoms with Crippen molar-refractivity contribution in [3.63, 3.8) is 0 Å². The molecule has 45 heavy (non-hydrogen) atoms. The first kappa shape index (κ1) is 29.1. The molecule has 228 valence electrons. The largest absolute Gasteiger partial charge is 0.483 e. The standard InChI is InChI=1S/C33H25BrClN3O5S2/c34-15-6-9-18(10-7-15)38-31(40)26-20-13-21(27(26)32(38)41)28-25(20)24(29-30(44-28)37-33(42)45-29)19-12-16(35)8-11-22(19)43-14-23(39)36-17-4-2-1-3-5-17/h1-12,20-21,24-28H,13-14H2,(H,36,39)(H,37,42)/t20?,21?,24-,25?,26?,27?,28?/m1/s1. The number of carbonyl (C=O) groups excluding carboxylic acids is 3. The number of H-pyrrole nitrogens is 1. The number of halogens is 2. The maximum Gasteiger partial charge on any atom is 0.305 e. The molecule has 8 nitrogen and oxygen atoms in total. The lowest BCUT2D eigenvalue weighted by atomic mass is 9.68. The van der Waals surface area contributed by atoms with Gasteiger partial charge in [-0.05, 0) is 78.8 Å². The molecule has 2 aliphatic carbocycles. The van der Waals surface area contributed by atoms with Crippen LogP contribution in [0.2, 0.25) is 5.02 Å². The number of anilines is 2. The molecule has 12 heteroatoms. The summed E-state index contributed by atoms with van der Waals surface area (Å²) in [7, 11) is 0. The number of hydrogen-bond acceptors (Lipinski definition) is 7. The van der Waals surface area contributed by atoms with Gasteiger partial charge < -0.3 is 15.0 Å². The average molecular weight is 723 g/mol. The molecular formula is C33H25BrClN3O5S2. The second kappa shape index (κ2) is 11.2. The van der Waals surface area contributed by atoms with Gasteiger partial charge in [0, 0.05) is 36.8 Å². The van der Waals surface area contributed by atoms with E-state index < -0.39 is 11.8 Å². The second-order valence-corrected chi connectivity index (χ2v) is 15.4. The molecule has 7 atom stereocenters. The molecule has 0 radical (unpaired) electrons. The summed E-state index contributed by atoms with van der Waals surface area (Å²) >= 11 is 12.8. The van der Waals surface area contributed by atoms with E-state index in [0.29, 0.717) is 22.1 Å². The maximum atomic E-state index is 14.0. The first-order valence-electron chi connectivity index (χ1n) is 14.6. The van der Waals surface area contributed by atoms with Gasteiger partial charge in [-0.3, -0.25) is 24.1 Å². The van der Waals surface area contributed by atoms with Crippen LogP contribution < -0.4 is 19.8 Å². The number of benzene rings is 3. The molecule has 3 heterocycles. The van der Waals surface area contributed by atoms with Crippen molar-refractivity contribution in [3.8, 4) is 5.75 Å². The van der Waals surface area contributed by atoms with Gasteiger partial charge >= 0.3 is 4.87 Å². The number of carbonyl (C=O) groups is 3. The first-order valence-corrected chi connectivity index (χ1v) is 17.5. The zero-order valence-electron chi connectivity index (χ0n) is 23.4. The van der Waals surface area contributed by atoms with Crippen molar-refractivity contribution in [2.45, 2.75) is 22.6 Å². The highest BCUT2D eigenvalue weighted by atomic mass is 79.9. The first-order chi connectivity index (χ1) is 21.8. The summed E-state index contributed by atoms with van der Waals surface area (Å²) in [5.74, 6) is -1.39. The van der Waals surface area contributed by atoms with Crippen LogP contribution in [0.1, 0.15) is 22.8 Å². The normalized spacial score (nSPS) is 27.7. The molecule has 1 saturated heterocycles. The van der Waals surface area contributed by atoms with Crippen LogP contribution in [0, 0.1) is 29.6 Å². The van der Waals surface area contributed by atoms with Gasteiger partial charge in [-0.2, -0.15) is 0 Å². The fraction of sp³-hybridized carbons (Fsp3) is 0.273. The lowest BCUT2D eigenvalue weighted by Crippen LogP contribution is -2.42. The van der Waals surface area contributed by atoms with Crippen LogP contribution >= 0.6 is 50.6 Å². The predicted octanol–water partition coefficient (Wildman–Crippen LogP) is 6.55. The quantitative estimate of drug-likeness (QED) is 0.219. The fourth-order valence-electron chi connectivity index (χ4n) is 7.97. The number of amides is 3. The predicted molar refractivity (Wildman–Crippen MR) is 177 cm³/mol.